The fraction of sp³-hybridized carbons (Fsp3) is 0.407. The summed E-state index contributed by atoms with van der Waals surface area (Å²) < 4.78 is 16.1. The van der Waals surface area contributed by atoms with E-state index >= 15 is 0 Å². The van der Waals surface area contributed by atoms with Gasteiger partial charge in [-0.05, 0) is 61.6 Å². The maximum atomic E-state index is 13.4. The van der Waals surface area contributed by atoms with Gasteiger partial charge in [-0.25, -0.2) is 4.79 Å². The van der Waals surface area contributed by atoms with E-state index in [0.29, 0.717) is 23.3 Å². The lowest BCUT2D eigenvalue weighted by molar-refractivity contribution is -0.133. The molecule has 1 atom stereocenters. The fourth-order valence-corrected chi connectivity index (χ4v) is 4.75. The number of methoxy groups -OCH3 is 2. The van der Waals surface area contributed by atoms with Gasteiger partial charge in [-0.2, -0.15) is 0 Å². The third kappa shape index (κ3) is 4.90. The zero-order chi connectivity index (χ0) is 23.4. The lowest BCUT2D eigenvalue weighted by Gasteiger charge is -2.31. The Morgan fingerprint density at radius 3 is 2.48 bits per heavy atom. The van der Waals surface area contributed by atoms with Crippen LogP contribution in [0.2, 0.25) is 0 Å². The Morgan fingerprint density at radius 1 is 1.03 bits per heavy atom. The molecular formula is C27H31NO5. The predicted octanol–water partition coefficient (Wildman–Crippen LogP) is 5.20. The van der Waals surface area contributed by atoms with Gasteiger partial charge in [0, 0.05) is 30.0 Å². The topological polar surface area (TPSA) is 69.0 Å². The highest BCUT2D eigenvalue weighted by atomic mass is 16.5. The zero-order valence-electron chi connectivity index (χ0n) is 19.6. The molecule has 0 spiro atoms. The number of hydrogen-bond donors (Lipinski definition) is 0. The van der Waals surface area contributed by atoms with Crippen molar-refractivity contribution in [2.45, 2.75) is 51.5 Å². The number of ether oxygens (including phenoxy) is 2. The molecule has 3 aromatic rings. The summed E-state index contributed by atoms with van der Waals surface area (Å²) >= 11 is 0. The van der Waals surface area contributed by atoms with Crippen molar-refractivity contribution in [2.24, 2.45) is 0 Å². The van der Waals surface area contributed by atoms with Crippen molar-refractivity contribution in [1.82, 2.24) is 4.90 Å². The van der Waals surface area contributed by atoms with E-state index in [-0.39, 0.29) is 24.0 Å². The van der Waals surface area contributed by atoms with Crippen molar-refractivity contribution in [2.75, 3.05) is 20.8 Å². The smallest absolute Gasteiger partial charge is 0.339 e. The number of aryl methyl sites for hydroxylation is 1. The molecule has 2 aromatic carbocycles. The molecule has 0 radical (unpaired) electrons. The second-order valence-electron chi connectivity index (χ2n) is 8.58. The second-order valence-corrected chi connectivity index (χ2v) is 8.58. The van der Waals surface area contributed by atoms with E-state index in [1.165, 1.54) is 0 Å². The summed E-state index contributed by atoms with van der Waals surface area (Å²) in [5, 5.41) is 0.865. The van der Waals surface area contributed by atoms with Gasteiger partial charge in [-0.3, -0.25) is 4.79 Å². The van der Waals surface area contributed by atoms with Crippen molar-refractivity contribution >= 4 is 16.9 Å². The standard InChI is InChI=1S/C27H31NO5/c1-18-22-13-12-21(32-3)17-25(22)33-27(30)23(18)14-15-26(29)28-16-6-4-5-7-24(28)19-8-10-20(31-2)11-9-19/h8-13,17,24H,4-7,14-16H2,1-3H3/t24-/m0/s1. The molecule has 1 aromatic heterocycles. The Kier molecular flexibility index (Phi) is 7.02. The van der Waals surface area contributed by atoms with Crippen LogP contribution >= 0.6 is 0 Å². The van der Waals surface area contributed by atoms with Crippen molar-refractivity contribution in [3.8, 4) is 11.5 Å². The molecule has 6 nitrogen and oxygen atoms in total. The SMILES string of the molecule is COc1ccc([C@@H]2CCCCCN2C(=O)CCc2c(C)c3ccc(OC)cc3oc2=O)cc1. The van der Waals surface area contributed by atoms with Crippen LogP contribution in [0.4, 0.5) is 0 Å². The number of carbonyl (C=O) groups is 1. The van der Waals surface area contributed by atoms with E-state index in [1.807, 2.05) is 48.2 Å². The van der Waals surface area contributed by atoms with Gasteiger partial charge in [0.2, 0.25) is 5.91 Å². The van der Waals surface area contributed by atoms with Crippen LogP contribution in [-0.4, -0.2) is 31.6 Å². The van der Waals surface area contributed by atoms with E-state index in [0.717, 1.165) is 54.5 Å². The van der Waals surface area contributed by atoms with Gasteiger partial charge in [-0.15, -0.1) is 0 Å². The number of amides is 1. The Labute approximate surface area is 194 Å². The van der Waals surface area contributed by atoms with Gasteiger partial charge in [0.15, 0.2) is 0 Å². The first-order valence-electron chi connectivity index (χ1n) is 11.6. The van der Waals surface area contributed by atoms with Crippen LogP contribution < -0.4 is 15.1 Å². The third-order valence-corrected chi connectivity index (χ3v) is 6.66. The number of hydrogen-bond acceptors (Lipinski definition) is 5. The Hall–Kier alpha value is -3.28. The zero-order valence-corrected chi connectivity index (χ0v) is 19.6. The number of carbonyl (C=O) groups excluding carboxylic acids is 1. The van der Waals surface area contributed by atoms with Gasteiger partial charge >= 0.3 is 5.63 Å². The first kappa shape index (κ1) is 22.9. The number of likely N-dealkylation sites (tertiary alicyclic amines) is 1. The third-order valence-electron chi connectivity index (χ3n) is 6.66. The molecule has 0 bridgehead atoms. The van der Waals surface area contributed by atoms with Gasteiger partial charge in [0.25, 0.3) is 0 Å². The van der Waals surface area contributed by atoms with E-state index in [2.05, 4.69) is 0 Å². The first-order chi connectivity index (χ1) is 16.0. The van der Waals surface area contributed by atoms with Crippen molar-refractivity contribution in [1.29, 1.82) is 0 Å². The molecular weight excluding hydrogens is 418 g/mol. The summed E-state index contributed by atoms with van der Waals surface area (Å²) in [4.78, 5) is 28.0. The molecule has 1 aliphatic heterocycles. The van der Waals surface area contributed by atoms with Crippen LogP contribution in [0.25, 0.3) is 11.0 Å². The summed E-state index contributed by atoms with van der Waals surface area (Å²) in [6, 6.07) is 13.5. The average molecular weight is 450 g/mol. The minimum absolute atomic E-state index is 0.0486. The normalized spacial score (nSPS) is 16.5. The Balaban J connectivity index is 1.55. The quantitative estimate of drug-likeness (QED) is 0.484. The minimum Gasteiger partial charge on any atom is -0.497 e. The minimum atomic E-state index is -0.386. The summed E-state index contributed by atoms with van der Waals surface area (Å²) in [5.74, 6) is 1.52. The summed E-state index contributed by atoms with van der Waals surface area (Å²) in [5.41, 5.74) is 2.67. The Bertz CT molecular complexity index is 1180. The van der Waals surface area contributed by atoms with E-state index in [4.69, 9.17) is 13.9 Å². The van der Waals surface area contributed by atoms with Crippen molar-refractivity contribution < 1.29 is 18.7 Å². The molecule has 0 saturated carbocycles. The number of nitrogens with zero attached hydrogens (tertiary/aromatic N) is 1. The first-order valence-corrected chi connectivity index (χ1v) is 11.6. The van der Waals surface area contributed by atoms with E-state index < -0.39 is 0 Å². The highest BCUT2D eigenvalue weighted by Crippen LogP contribution is 2.32. The van der Waals surface area contributed by atoms with Crippen LogP contribution in [0.15, 0.2) is 51.7 Å². The summed E-state index contributed by atoms with van der Waals surface area (Å²) in [6.45, 7) is 2.65. The fourth-order valence-electron chi connectivity index (χ4n) is 4.75. The molecule has 0 unspecified atom stereocenters. The largest absolute Gasteiger partial charge is 0.497 e. The van der Waals surface area contributed by atoms with Crippen molar-refractivity contribution in [3.63, 3.8) is 0 Å². The monoisotopic (exact) mass is 449 g/mol. The second kappa shape index (κ2) is 10.1. The van der Waals surface area contributed by atoms with Crippen LogP contribution in [0.3, 0.4) is 0 Å². The summed E-state index contributed by atoms with van der Waals surface area (Å²) in [7, 11) is 3.23. The van der Waals surface area contributed by atoms with Gasteiger partial charge < -0.3 is 18.8 Å². The average Bonchev–Trinajstić information content (AvgIpc) is 3.09. The van der Waals surface area contributed by atoms with Crippen LogP contribution in [0.5, 0.6) is 11.5 Å². The lowest BCUT2D eigenvalue weighted by Crippen LogP contribution is -2.35. The molecule has 1 saturated heterocycles. The molecule has 174 valence electrons. The summed E-state index contributed by atoms with van der Waals surface area (Å²) in [6.07, 6.45) is 4.79. The van der Waals surface area contributed by atoms with Crippen LogP contribution in [0, 0.1) is 6.92 Å². The van der Waals surface area contributed by atoms with Crippen LogP contribution in [0.1, 0.15) is 54.8 Å². The maximum absolute atomic E-state index is 13.4. The van der Waals surface area contributed by atoms with Gasteiger partial charge in [-0.1, -0.05) is 25.0 Å². The molecule has 1 aliphatic rings. The van der Waals surface area contributed by atoms with Gasteiger partial charge in [0.05, 0.1) is 20.3 Å². The molecule has 0 N–H and O–H groups in total. The molecule has 0 aliphatic carbocycles. The highest BCUT2D eigenvalue weighted by Gasteiger charge is 2.27. The molecule has 2 heterocycles. The van der Waals surface area contributed by atoms with Crippen LogP contribution in [-0.2, 0) is 11.2 Å². The molecule has 1 amide bonds. The highest BCUT2D eigenvalue weighted by molar-refractivity contribution is 5.83. The number of rotatable bonds is 6. The maximum Gasteiger partial charge on any atom is 0.339 e. The lowest BCUT2D eigenvalue weighted by atomic mass is 9.99. The number of benzene rings is 2. The predicted molar refractivity (Wildman–Crippen MR) is 128 cm³/mol. The van der Waals surface area contributed by atoms with Crippen molar-refractivity contribution in [3.05, 3.63) is 69.6 Å². The Morgan fingerprint density at radius 2 is 1.76 bits per heavy atom. The van der Waals surface area contributed by atoms with E-state index in [9.17, 15) is 9.59 Å². The molecule has 1 fully saturated rings. The molecule has 4 rings (SSSR count). The number of fused-ring (bicyclic) bond motifs is 1. The van der Waals surface area contributed by atoms with E-state index in [1.54, 1.807) is 20.3 Å². The van der Waals surface area contributed by atoms with Gasteiger partial charge in [0.1, 0.15) is 17.1 Å². The molecule has 6 heteroatoms. The molecule has 33 heavy (non-hydrogen) atoms.